The van der Waals surface area contributed by atoms with Gasteiger partial charge in [-0.1, -0.05) is 34.6 Å². The molecule has 0 aromatic rings. The molecule has 11 N–H and O–H groups in total. The van der Waals surface area contributed by atoms with Gasteiger partial charge in [0.25, 0.3) is 0 Å². The van der Waals surface area contributed by atoms with Crippen LogP contribution in [0.5, 0.6) is 0 Å². The van der Waals surface area contributed by atoms with Gasteiger partial charge >= 0.3 is 5.97 Å². The van der Waals surface area contributed by atoms with Crippen LogP contribution in [0, 0.1) is 56.2 Å². The summed E-state index contributed by atoms with van der Waals surface area (Å²) < 4.78 is 28.9. The fourth-order valence-electron chi connectivity index (χ4n) is 14.9. The predicted molar refractivity (Wildman–Crippen MR) is 208 cm³/mol. The molecule has 7 rings (SSSR count). The Morgan fingerprint density at radius 3 is 1.87 bits per heavy atom. The van der Waals surface area contributed by atoms with Crippen LogP contribution in [-0.4, -0.2) is 175 Å². The normalized spacial score (nSPS) is 53.5. The maximum Gasteiger partial charge on any atom is 0.314 e. The smallest absolute Gasteiger partial charge is 0.314 e. The third kappa shape index (κ3) is 6.69. The lowest BCUT2D eigenvalue weighted by Gasteiger charge is -2.74. The van der Waals surface area contributed by atoms with E-state index in [1.54, 1.807) is 0 Å². The van der Waals surface area contributed by atoms with E-state index in [2.05, 4.69) is 34.6 Å². The molecule has 5 aliphatic carbocycles. The molecule has 0 amide bonds. The van der Waals surface area contributed by atoms with Gasteiger partial charge < -0.3 is 79.9 Å². The van der Waals surface area contributed by atoms with Gasteiger partial charge in [0.15, 0.2) is 12.6 Å². The molecule has 0 spiro atoms. The average Bonchev–Trinajstić information content (AvgIpc) is 3.20. The number of ether oxygens (including phenoxy) is 5. The molecule has 17 heteroatoms. The molecule has 346 valence electrons. The first-order chi connectivity index (χ1) is 28.1. The van der Waals surface area contributed by atoms with Gasteiger partial charge in [0.2, 0.25) is 0 Å². The van der Waals surface area contributed by atoms with Gasteiger partial charge in [0.05, 0.1) is 57.3 Å². The van der Waals surface area contributed by atoms with Gasteiger partial charge in [0, 0.05) is 5.41 Å². The highest BCUT2D eigenvalue weighted by Crippen LogP contribution is 2.77. The van der Waals surface area contributed by atoms with Crippen molar-refractivity contribution in [2.75, 3.05) is 33.5 Å². The second-order valence-corrected chi connectivity index (χ2v) is 21.3. The summed E-state index contributed by atoms with van der Waals surface area (Å²) in [5.41, 5.74) is -3.88. The van der Waals surface area contributed by atoms with E-state index in [4.69, 9.17) is 23.7 Å². The van der Waals surface area contributed by atoms with Crippen molar-refractivity contribution in [3.8, 4) is 0 Å². The van der Waals surface area contributed by atoms with Crippen molar-refractivity contribution in [1.29, 1.82) is 0 Å². The first-order valence-corrected chi connectivity index (χ1v) is 22.0. The molecule has 2 heterocycles. The van der Waals surface area contributed by atoms with Gasteiger partial charge in [-0.2, -0.15) is 0 Å². The number of fused-ring (bicyclic) bond motifs is 7. The van der Waals surface area contributed by atoms with Gasteiger partial charge in [-0.25, -0.2) is 0 Å². The molecule has 0 unspecified atom stereocenters. The van der Waals surface area contributed by atoms with Crippen LogP contribution in [0.25, 0.3) is 0 Å². The lowest BCUT2D eigenvalue weighted by Crippen LogP contribution is -2.73. The van der Waals surface area contributed by atoms with Crippen LogP contribution >= 0.6 is 0 Å². The summed E-state index contributed by atoms with van der Waals surface area (Å²) in [6, 6.07) is 0. The zero-order chi connectivity index (χ0) is 44.1. The first-order valence-electron chi connectivity index (χ1n) is 22.0. The second kappa shape index (κ2) is 16.4. The van der Waals surface area contributed by atoms with E-state index < -0.39 is 134 Å². The van der Waals surface area contributed by atoms with E-state index in [1.807, 2.05) is 0 Å². The molecule has 0 aromatic heterocycles. The standard InChI is InChI=1S/C43H72O17/c1-38(2)11-12-43(37(55)56-6)21(13-38)20-7-8-25-39(3)14-22(48)34(42(18-46,19-47)26(39)9-10-40(25,4)41(20,5)15-27(43)49)60-36-32(54)30(52)33(24(17-45)58-36)59-35-31(53)29(51)28(50)23(16-44)57-35/h20-36,44-54H,7-19H2,1-6H3/t20-,21+,22-,23+,24+,25+,26-,27-,28+,29+,30-,31+,32+,33+,34-,35-,36-,39+,40+,41-,43+/m0/s1. The van der Waals surface area contributed by atoms with Gasteiger partial charge in [-0.15, -0.1) is 0 Å². The van der Waals surface area contributed by atoms with E-state index in [0.717, 1.165) is 25.7 Å². The Balaban J connectivity index is 1.14. The monoisotopic (exact) mass is 860 g/mol. The van der Waals surface area contributed by atoms with Crippen LogP contribution in [0.2, 0.25) is 0 Å². The number of carbonyl (C=O) groups excluding carboxylic acids is 1. The van der Waals surface area contributed by atoms with Crippen LogP contribution < -0.4 is 0 Å². The zero-order valence-electron chi connectivity index (χ0n) is 35.9. The topological polar surface area (TPSA) is 286 Å². The third-order valence-corrected chi connectivity index (χ3v) is 18.2. The number of esters is 1. The lowest BCUT2D eigenvalue weighted by atomic mass is 9.31. The average molecular weight is 861 g/mol. The number of hydrogen-bond donors (Lipinski definition) is 11. The van der Waals surface area contributed by atoms with Crippen LogP contribution in [0.4, 0.5) is 0 Å². The Hall–Kier alpha value is -1.13. The summed E-state index contributed by atoms with van der Waals surface area (Å²) in [6.07, 6.45) is -14.8. The van der Waals surface area contributed by atoms with Crippen molar-refractivity contribution in [1.82, 2.24) is 0 Å². The minimum atomic E-state index is -1.89. The summed E-state index contributed by atoms with van der Waals surface area (Å²) in [5, 5.41) is 121. The number of rotatable bonds is 9. The SMILES string of the molecule is COC(=O)[C@]12CCC(C)(C)C[C@@H]1[C@@H]1CC[C@@H]3[C@@]4(C)C[C@H](O)[C@H](O[C@@H]5O[C@H](CO)[C@@H](O[C@@H]6O[C@H](CO)[C@@H](O)[C@@H](O)[C@H]6O)[C@@H](O)[C@H]5O)C(CO)(CO)[C@H]4CC[C@@]3(C)[C@@]1(C)C[C@@H]2O. The Labute approximate surface area is 351 Å². The number of hydrogen-bond acceptors (Lipinski definition) is 17. The fraction of sp³-hybridized carbons (Fsp3) is 0.977. The molecule has 0 aromatic carbocycles. The summed E-state index contributed by atoms with van der Waals surface area (Å²) in [4.78, 5) is 13.7. The Bertz CT molecular complexity index is 1540. The van der Waals surface area contributed by atoms with E-state index in [1.165, 1.54) is 7.11 Å². The Kier molecular flexibility index (Phi) is 12.8. The molecule has 2 aliphatic heterocycles. The maximum atomic E-state index is 13.7. The van der Waals surface area contributed by atoms with Gasteiger partial charge in [0.1, 0.15) is 48.8 Å². The van der Waals surface area contributed by atoms with Crippen LogP contribution in [0.3, 0.4) is 0 Å². The lowest BCUT2D eigenvalue weighted by molar-refractivity contribution is -0.377. The molecule has 5 saturated carbocycles. The van der Waals surface area contributed by atoms with E-state index >= 15 is 0 Å². The Morgan fingerprint density at radius 1 is 0.633 bits per heavy atom. The fourth-order valence-corrected chi connectivity index (χ4v) is 14.9. The predicted octanol–water partition coefficient (Wildman–Crippen LogP) is -1.06. The van der Waals surface area contributed by atoms with E-state index in [-0.39, 0.29) is 41.0 Å². The highest BCUT2D eigenvalue weighted by molar-refractivity contribution is 5.78. The summed E-state index contributed by atoms with van der Waals surface area (Å²) in [7, 11) is 1.40. The third-order valence-electron chi connectivity index (χ3n) is 18.2. The Morgan fingerprint density at radius 2 is 1.25 bits per heavy atom. The molecule has 0 bridgehead atoms. The van der Waals surface area contributed by atoms with Crippen LogP contribution in [0.15, 0.2) is 0 Å². The van der Waals surface area contributed by atoms with Crippen LogP contribution in [0.1, 0.15) is 92.4 Å². The van der Waals surface area contributed by atoms with Gasteiger partial charge in [-0.05, 0) is 103 Å². The first kappa shape index (κ1) is 46.9. The van der Waals surface area contributed by atoms with Crippen molar-refractivity contribution < 1.29 is 84.7 Å². The number of carbonyl (C=O) groups is 1. The number of aliphatic hydroxyl groups is 11. The largest absolute Gasteiger partial charge is 0.469 e. The summed E-state index contributed by atoms with van der Waals surface area (Å²) in [6.45, 7) is 8.42. The van der Waals surface area contributed by atoms with Crippen molar-refractivity contribution in [2.45, 2.75) is 172 Å². The highest BCUT2D eigenvalue weighted by atomic mass is 16.7. The van der Waals surface area contributed by atoms with E-state index in [9.17, 15) is 61.0 Å². The minimum Gasteiger partial charge on any atom is -0.469 e. The molecule has 0 radical (unpaired) electrons. The van der Waals surface area contributed by atoms with Crippen molar-refractivity contribution >= 4 is 5.97 Å². The molecular formula is C43H72O17. The number of aliphatic hydroxyl groups excluding tert-OH is 11. The molecule has 7 aliphatic rings. The molecule has 60 heavy (non-hydrogen) atoms. The van der Waals surface area contributed by atoms with Crippen molar-refractivity contribution in [3.63, 3.8) is 0 Å². The molecule has 21 atom stereocenters. The van der Waals surface area contributed by atoms with Crippen molar-refractivity contribution in [3.05, 3.63) is 0 Å². The molecule has 17 nitrogen and oxygen atoms in total. The molecule has 2 saturated heterocycles. The minimum absolute atomic E-state index is 0.0208. The highest BCUT2D eigenvalue weighted by Gasteiger charge is 2.75. The quantitative estimate of drug-likeness (QED) is 0.0973. The van der Waals surface area contributed by atoms with Gasteiger partial charge in [-0.3, -0.25) is 4.79 Å². The maximum absolute atomic E-state index is 13.7. The van der Waals surface area contributed by atoms with Crippen LogP contribution in [-0.2, 0) is 28.5 Å². The zero-order valence-corrected chi connectivity index (χ0v) is 35.9. The summed E-state index contributed by atoms with van der Waals surface area (Å²) >= 11 is 0. The summed E-state index contributed by atoms with van der Waals surface area (Å²) in [5.74, 6) is -0.721. The number of methoxy groups -OCH3 is 1. The van der Waals surface area contributed by atoms with E-state index in [0.29, 0.717) is 25.7 Å². The van der Waals surface area contributed by atoms with Crippen molar-refractivity contribution in [2.24, 2.45) is 56.2 Å². The molecular weight excluding hydrogens is 788 g/mol. The molecule has 7 fully saturated rings. The second-order valence-electron chi connectivity index (χ2n) is 21.3.